The second-order valence-electron chi connectivity index (χ2n) is 9.99. The van der Waals surface area contributed by atoms with E-state index >= 15 is 0 Å². The molecule has 0 saturated carbocycles. The average Bonchev–Trinajstić information content (AvgIpc) is 3.28. The zero-order chi connectivity index (χ0) is 24.7. The van der Waals surface area contributed by atoms with Gasteiger partial charge in [-0.15, -0.1) is 0 Å². The highest BCUT2D eigenvalue weighted by Gasteiger charge is 2.45. The minimum Gasteiger partial charge on any atom is -0.384 e. The fraction of sp³-hybridized carbons (Fsp3) is 0.276. The van der Waals surface area contributed by atoms with E-state index in [0.717, 1.165) is 59.3 Å². The summed E-state index contributed by atoms with van der Waals surface area (Å²) in [5.74, 6) is 7.12. The molecule has 2 fully saturated rings. The van der Waals surface area contributed by atoms with Crippen LogP contribution in [0.5, 0.6) is 0 Å². The normalized spacial score (nSPS) is 16.4. The van der Waals surface area contributed by atoms with E-state index in [1.807, 2.05) is 60.4 Å². The molecule has 6 rings (SSSR count). The molecular formula is C29H28N6O. The third kappa shape index (κ3) is 4.00. The Bertz CT molecular complexity index is 1530. The van der Waals surface area contributed by atoms with Crippen molar-refractivity contribution in [1.82, 2.24) is 25.4 Å². The Hall–Kier alpha value is -4.15. The van der Waals surface area contributed by atoms with E-state index in [1.54, 1.807) is 6.20 Å². The standard InChI is InChI=1S/C29H28N6O/c1-19-13-27(30)32-15-24(19)22-6-3-2-5-20(22)7-9-25-23-14-21(8-10-26(23)34-33-25)28(36)35-17-29(18-35)11-4-12-31-16-29/h2-3,5-6,8,10,13-15,31H,4,11-12,16-18H2,1H3,(H2,30,32)(H,33,34). The lowest BCUT2D eigenvalue weighted by Gasteiger charge is -2.52. The maximum absolute atomic E-state index is 13.2. The second-order valence-corrected chi connectivity index (χ2v) is 9.99. The quantitative estimate of drug-likeness (QED) is 0.383. The lowest BCUT2D eigenvalue weighted by molar-refractivity contribution is -0.00721. The van der Waals surface area contributed by atoms with Crippen molar-refractivity contribution in [3.8, 4) is 23.0 Å². The number of hydrogen-bond acceptors (Lipinski definition) is 5. The maximum Gasteiger partial charge on any atom is 0.253 e. The maximum atomic E-state index is 13.2. The molecule has 1 amide bonds. The lowest BCUT2D eigenvalue weighted by Crippen LogP contribution is -2.63. The summed E-state index contributed by atoms with van der Waals surface area (Å²) in [6, 6.07) is 15.5. The number of nitrogens with two attached hydrogens (primary N) is 1. The number of fused-ring (bicyclic) bond motifs is 1. The van der Waals surface area contributed by atoms with Crippen molar-refractivity contribution in [3.63, 3.8) is 0 Å². The molecule has 4 heterocycles. The Morgan fingerprint density at radius 1 is 1.11 bits per heavy atom. The van der Waals surface area contributed by atoms with Gasteiger partial charge in [-0.1, -0.05) is 24.1 Å². The summed E-state index contributed by atoms with van der Waals surface area (Å²) in [6.07, 6.45) is 4.16. The zero-order valence-electron chi connectivity index (χ0n) is 20.3. The number of nitrogens with zero attached hydrogens (tertiary/aromatic N) is 3. The molecule has 4 N–H and O–H groups in total. The highest BCUT2D eigenvalue weighted by atomic mass is 16.2. The van der Waals surface area contributed by atoms with Gasteiger partial charge in [0.25, 0.3) is 5.91 Å². The van der Waals surface area contributed by atoms with Crippen LogP contribution >= 0.6 is 0 Å². The van der Waals surface area contributed by atoms with Crippen LogP contribution in [-0.4, -0.2) is 52.2 Å². The number of anilines is 1. The van der Waals surface area contributed by atoms with Gasteiger partial charge in [-0.2, -0.15) is 5.10 Å². The molecule has 7 nitrogen and oxygen atoms in total. The molecule has 4 aromatic rings. The second kappa shape index (κ2) is 8.81. The Morgan fingerprint density at radius 2 is 1.97 bits per heavy atom. The van der Waals surface area contributed by atoms with Crippen molar-refractivity contribution in [2.75, 3.05) is 31.9 Å². The molecule has 2 aliphatic heterocycles. The van der Waals surface area contributed by atoms with Crippen molar-refractivity contribution >= 4 is 22.6 Å². The van der Waals surface area contributed by atoms with E-state index in [9.17, 15) is 4.79 Å². The van der Waals surface area contributed by atoms with Crippen LogP contribution in [0.3, 0.4) is 0 Å². The summed E-state index contributed by atoms with van der Waals surface area (Å²) >= 11 is 0. The van der Waals surface area contributed by atoms with E-state index in [0.29, 0.717) is 17.1 Å². The zero-order valence-corrected chi connectivity index (χ0v) is 20.3. The molecule has 7 heteroatoms. The minimum atomic E-state index is 0.0740. The van der Waals surface area contributed by atoms with E-state index in [4.69, 9.17) is 5.73 Å². The SMILES string of the molecule is Cc1cc(N)ncc1-c1ccccc1C#Cc1[nH]nc2ccc(C(=O)N3CC4(CCCNC4)C3)cc12. The van der Waals surface area contributed by atoms with Crippen LogP contribution in [-0.2, 0) is 0 Å². The molecule has 2 aromatic carbocycles. The molecule has 0 unspecified atom stereocenters. The number of nitrogen functional groups attached to an aromatic ring is 1. The Kier molecular flexibility index (Phi) is 5.46. The number of H-pyrrole nitrogens is 1. The van der Waals surface area contributed by atoms with E-state index in [1.165, 1.54) is 12.8 Å². The van der Waals surface area contributed by atoms with E-state index in [-0.39, 0.29) is 11.3 Å². The molecular weight excluding hydrogens is 448 g/mol. The van der Waals surface area contributed by atoms with Crippen LogP contribution in [0.15, 0.2) is 54.7 Å². The van der Waals surface area contributed by atoms with Crippen molar-refractivity contribution in [1.29, 1.82) is 0 Å². The van der Waals surface area contributed by atoms with Crippen LogP contribution in [0.4, 0.5) is 5.82 Å². The first-order chi connectivity index (χ1) is 17.5. The van der Waals surface area contributed by atoms with Gasteiger partial charge < -0.3 is 16.0 Å². The van der Waals surface area contributed by atoms with Crippen LogP contribution in [0.25, 0.3) is 22.0 Å². The molecule has 0 atom stereocenters. The summed E-state index contributed by atoms with van der Waals surface area (Å²) < 4.78 is 0. The van der Waals surface area contributed by atoms with Gasteiger partial charge in [0.2, 0.25) is 0 Å². The Morgan fingerprint density at radius 3 is 2.78 bits per heavy atom. The minimum absolute atomic E-state index is 0.0740. The van der Waals surface area contributed by atoms with Crippen molar-refractivity contribution < 1.29 is 4.79 Å². The number of nitrogens with one attached hydrogen (secondary N) is 2. The lowest BCUT2D eigenvalue weighted by atomic mass is 9.74. The molecule has 1 spiro atoms. The summed E-state index contributed by atoms with van der Waals surface area (Å²) in [5, 5.41) is 11.8. The van der Waals surface area contributed by atoms with Gasteiger partial charge in [0.1, 0.15) is 11.5 Å². The Balaban J connectivity index is 1.28. The number of piperidine rings is 1. The molecule has 0 radical (unpaired) electrons. The summed E-state index contributed by atoms with van der Waals surface area (Å²) in [5.41, 5.74) is 12.2. The predicted molar refractivity (Wildman–Crippen MR) is 141 cm³/mol. The number of aromatic nitrogens is 3. The fourth-order valence-corrected chi connectivity index (χ4v) is 5.44. The molecule has 180 valence electrons. The Labute approximate surface area is 210 Å². The van der Waals surface area contributed by atoms with Gasteiger partial charge in [-0.3, -0.25) is 9.89 Å². The van der Waals surface area contributed by atoms with Gasteiger partial charge in [-0.05, 0) is 73.7 Å². The largest absolute Gasteiger partial charge is 0.384 e. The van der Waals surface area contributed by atoms with Gasteiger partial charge in [0.05, 0.1) is 5.52 Å². The van der Waals surface area contributed by atoms with Crippen LogP contribution < -0.4 is 11.1 Å². The smallest absolute Gasteiger partial charge is 0.253 e. The topological polar surface area (TPSA) is 99.9 Å². The molecule has 0 aliphatic carbocycles. The van der Waals surface area contributed by atoms with Gasteiger partial charge in [-0.25, -0.2) is 4.98 Å². The van der Waals surface area contributed by atoms with Crippen molar-refractivity contribution in [2.45, 2.75) is 19.8 Å². The first-order valence-corrected chi connectivity index (χ1v) is 12.3. The molecule has 36 heavy (non-hydrogen) atoms. The highest BCUT2D eigenvalue weighted by Crippen LogP contribution is 2.37. The molecule has 0 bridgehead atoms. The van der Waals surface area contributed by atoms with Crippen molar-refractivity contribution in [3.05, 3.63) is 77.1 Å². The number of rotatable bonds is 2. The number of amides is 1. The molecule has 2 saturated heterocycles. The summed E-state index contributed by atoms with van der Waals surface area (Å²) in [6.45, 7) is 5.75. The first kappa shape index (κ1) is 22.3. The number of likely N-dealkylation sites (tertiary alicyclic amines) is 1. The van der Waals surface area contributed by atoms with Gasteiger partial charge in [0.15, 0.2) is 0 Å². The molecule has 2 aliphatic rings. The predicted octanol–water partition coefficient (Wildman–Crippen LogP) is 3.74. The number of hydrogen-bond donors (Lipinski definition) is 3. The fourth-order valence-electron chi connectivity index (χ4n) is 5.44. The first-order valence-electron chi connectivity index (χ1n) is 12.3. The van der Waals surface area contributed by atoms with Gasteiger partial charge in [0, 0.05) is 53.3 Å². The number of aryl methyl sites for hydroxylation is 1. The number of benzene rings is 2. The number of carbonyl (C=O) groups is 1. The third-order valence-corrected chi connectivity index (χ3v) is 7.37. The number of pyridine rings is 1. The van der Waals surface area contributed by atoms with Gasteiger partial charge >= 0.3 is 0 Å². The van der Waals surface area contributed by atoms with Crippen LogP contribution in [0.2, 0.25) is 0 Å². The highest BCUT2D eigenvalue weighted by molar-refractivity contribution is 5.99. The van der Waals surface area contributed by atoms with Crippen LogP contribution in [0.1, 0.15) is 40.0 Å². The number of carbonyl (C=O) groups excluding carboxylic acids is 1. The summed E-state index contributed by atoms with van der Waals surface area (Å²) in [7, 11) is 0. The van der Waals surface area contributed by atoms with Crippen LogP contribution in [0, 0.1) is 24.2 Å². The van der Waals surface area contributed by atoms with E-state index < -0.39 is 0 Å². The average molecular weight is 477 g/mol. The van der Waals surface area contributed by atoms with E-state index in [2.05, 4.69) is 32.3 Å². The number of aromatic amines is 1. The summed E-state index contributed by atoms with van der Waals surface area (Å²) in [4.78, 5) is 19.4. The van der Waals surface area contributed by atoms with Crippen molar-refractivity contribution in [2.24, 2.45) is 5.41 Å². The monoisotopic (exact) mass is 476 g/mol. The molecule has 2 aromatic heterocycles. The third-order valence-electron chi connectivity index (χ3n) is 7.37.